The van der Waals surface area contributed by atoms with Gasteiger partial charge in [0.1, 0.15) is 0 Å². The molecule has 22 heavy (non-hydrogen) atoms. The predicted octanol–water partition coefficient (Wildman–Crippen LogP) is 2.99. The number of carbonyl (C=O) groups excluding carboxylic acids is 2. The summed E-state index contributed by atoms with van der Waals surface area (Å²) >= 11 is 0. The van der Waals surface area contributed by atoms with Gasteiger partial charge in [-0.1, -0.05) is 39.0 Å². The van der Waals surface area contributed by atoms with Gasteiger partial charge in [-0.2, -0.15) is 0 Å². The first-order chi connectivity index (χ1) is 10.3. The average Bonchev–Trinajstić information content (AvgIpc) is 2.49. The lowest BCUT2D eigenvalue weighted by Gasteiger charge is -2.28. The topological polar surface area (TPSA) is 49.4 Å². The summed E-state index contributed by atoms with van der Waals surface area (Å²) in [5.41, 5.74) is 1.14. The third kappa shape index (κ3) is 5.26. The summed E-state index contributed by atoms with van der Waals surface area (Å²) in [5.74, 6) is -0.105. The van der Waals surface area contributed by atoms with Gasteiger partial charge in [0.15, 0.2) is 6.29 Å². The Morgan fingerprint density at radius 2 is 1.95 bits per heavy atom. The van der Waals surface area contributed by atoms with E-state index in [0.29, 0.717) is 23.7 Å². The zero-order valence-electron chi connectivity index (χ0n) is 14.3. The van der Waals surface area contributed by atoms with E-state index in [1.807, 2.05) is 0 Å². The molecule has 122 valence electrons. The van der Waals surface area contributed by atoms with Gasteiger partial charge in [0, 0.05) is 25.2 Å². The van der Waals surface area contributed by atoms with Gasteiger partial charge < -0.3 is 10.2 Å². The highest BCUT2D eigenvalue weighted by Gasteiger charge is 2.19. The van der Waals surface area contributed by atoms with Crippen LogP contribution in [0.5, 0.6) is 0 Å². The van der Waals surface area contributed by atoms with Crippen molar-refractivity contribution in [2.45, 2.75) is 40.2 Å². The summed E-state index contributed by atoms with van der Waals surface area (Å²) in [6.07, 6.45) is 1.61. The first kappa shape index (κ1) is 18.4. The number of hydrogen-bond acceptors (Lipinski definition) is 3. The molecule has 1 unspecified atom stereocenters. The van der Waals surface area contributed by atoms with Crippen molar-refractivity contribution in [2.75, 3.05) is 20.1 Å². The van der Waals surface area contributed by atoms with E-state index < -0.39 is 0 Å². The number of benzene rings is 1. The normalized spacial score (nSPS) is 12.8. The second-order valence-corrected chi connectivity index (χ2v) is 6.83. The molecule has 1 aromatic rings. The molecule has 4 nitrogen and oxygen atoms in total. The molecule has 1 amide bonds. The highest BCUT2D eigenvalue weighted by atomic mass is 16.2. The van der Waals surface area contributed by atoms with Crippen LogP contribution in [-0.2, 0) is 0 Å². The molecule has 0 fully saturated rings. The molecule has 1 atom stereocenters. The Kier molecular flexibility index (Phi) is 6.75. The summed E-state index contributed by atoms with van der Waals surface area (Å²) in [6, 6.07) is 7.33. The van der Waals surface area contributed by atoms with E-state index in [-0.39, 0.29) is 11.3 Å². The van der Waals surface area contributed by atoms with E-state index in [1.165, 1.54) is 0 Å². The third-order valence-corrected chi connectivity index (χ3v) is 4.08. The molecule has 0 aliphatic carbocycles. The number of carbonyl (C=O) groups is 2. The molecule has 0 radical (unpaired) electrons. The van der Waals surface area contributed by atoms with Crippen LogP contribution in [0.25, 0.3) is 0 Å². The first-order valence-corrected chi connectivity index (χ1v) is 7.80. The SMILES string of the molecule is CC(NCCCN(C)C(=O)c1ccccc1C=O)C(C)(C)C. The maximum atomic E-state index is 12.4. The van der Waals surface area contributed by atoms with Crippen LogP contribution in [0.15, 0.2) is 24.3 Å². The van der Waals surface area contributed by atoms with Gasteiger partial charge in [-0.25, -0.2) is 0 Å². The number of nitrogens with zero attached hydrogens (tertiary/aromatic N) is 1. The monoisotopic (exact) mass is 304 g/mol. The van der Waals surface area contributed by atoms with E-state index in [1.54, 1.807) is 36.2 Å². The van der Waals surface area contributed by atoms with Crippen molar-refractivity contribution in [1.29, 1.82) is 0 Å². The third-order valence-electron chi connectivity index (χ3n) is 4.08. The van der Waals surface area contributed by atoms with E-state index in [0.717, 1.165) is 19.3 Å². The molecule has 0 spiro atoms. The quantitative estimate of drug-likeness (QED) is 0.622. The van der Waals surface area contributed by atoms with Crippen molar-refractivity contribution < 1.29 is 9.59 Å². The summed E-state index contributed by atoms with van der Waals surface area (Å²) < 4.78 is 0. The van der Waals surface area contributed by atoms with E-state index >= 15 is 0 Å². The Morgan fingerprint density at radius 3 is 2.55 bits per heavy atom. The number of aldehydes is 1. The van der Waals surface area contributed by atoms with Crippen LogP contribution in [0, 0.1) is 5.41 Å². The van der Waals surface area contributed by atoms with Crippen LogP contribution in [0.4, 0.5) is 0 Å². The number of hydrogen-bond donors (Lipinski definition) is 1. The van der Waals surface area contributed by atoms with Gasteiger partial charge in [-0.05, 0) is 31.4 Å². The van der Waals surface area contributed by atoms with Crippen LogP contribution in [0.1, 0.15) is 54.8 Å². The zero-order valence-corrected chi connectivity index (χ0v) is 14.3. The Balaban J connectivity index is 2.47. The van der Waals surface area contributed by atoms with Crippen molar-refractivity contribution in [1.82, 2.24) is 10.2 Å². The fourth-order valence-corrected chi connectivity index (χ4v) is 2.04. The summed E-state index contributed by atoms with van der Waals surface area (Å²) in [5, 5.41) is 3.49. The van der Waals surface area contributed by atoms with E-state index in [9.17, 15) is 9.59 Å². The van der Waals surface area contributed by atoms with Crippen molar-refractivity contribution in [3.63, 3.8) is 0 Å². The highest BCUT2D eigenvalue weighted by Crippen LogP contribution is 2.18. The molecule has 0 heterocycles. The predicted molar refractivity (Wildman–Crippen MR) is 90.3 cm³/mol. The number of amides is 1. The van der Waals surface area contributed by atoms with Crippen molar-refractivity contribution in [3.05, 3.63) is 35.4 Å². The van der Waals surface area contributed by atoms with Crippen molar-refractivity contribution in [3.8, 4) is 0 Å². The van der Waals surface area contributed by atoms with Crippen LogP contribution in [-0.4, -0.2) is 43.3 Å². The molecule has 1 rings (SSSR count). The van der Waals surface area contributed by atoms with E-state index in [4.69, 9.17) is 0 Å². The highest BCUT2D eigenvalue weighted by molar-refractivity contribution is 6.01. The summed E-state index contributed by atoms with van der Waals surface area (Å²) in [4.78, 5) is 25.0. The fourth-order valence-electron chi connectivity index (χ4n) is 2.04. The second-order valence-electron chi connectivity index (χ2n) is 6.83. The molecule has 1 aromatic carbocycles. The van der Waals surface area contributed by atoms with Crippen LogP contribution >= 0.6 is 0 Å². The van der Waals surface area contributed by atoms with Crippen molar-refractivity contribution >= 4 is 12.2 Å². The van der Waals surface area contributed by atoms with Gasteiger partial charge in [-0.15, -0.1) is 0 Å². The maximum absolute atomic E-state index is 12.4. The van der Waals surface area contributed by atoms with E-state index in [2.05, 4.69) is 33.0 Å². The molecule has 0 saturated carbocycles. The lowest BCUT2D eigenvalue weighted by Crippen LogP contribution is -2.39. The largest absolute Gasteiger partial charge is 0.342 e. The minimum absolute atomic E-state index is 0.105. The van der Waals surface area contributed by atoms with Gasteiger partial charge in [0.2, 0.25) is 0 Å². The molecule has 4 heteroatoms. The first-order valence-electron chi connectivity index (χ1n) is 7.80. The van der Waals surface area contributed by atoms with Gasteiger partial charge in [-0.3, -0.25) is 9.59 Å². The number of rotatable bonds is 7. The molecular formula is C18H28N2O2. The molecule has 0 aromatic heterocycles. The summed E-state index contributed by atoms with van der Waals surface area (Å²) in [7, 11) is 1.77. The van der Waals surface area contributed by atoms with Gasteiger partial charge >= 0.3 is 0 Å². The van der Waals surface area contributed by atoms with Crippen LogP contribution in [0.2, 0.25) is 0 Å². The molecule has 0 aliphatic rings. The molecule has 0 aliphatic heterocycles. The Morgan fingerprint density at radius 1 is 1.32 bits per heavy atom. The molecule has 0 bridgehead atoms. The smallest absolute Gasteiger partial charge is 0.254 e. The Hall–Kier alpha value is -1.68. The maximum Gasteiger partial charge on any atom is 0.254 e. The Bertz CT molecular complexity index is 506. The minimum Gasteiger partial charge on any atom is -0.342 e. The van der Waals surface area contributed by atoms with Gasteiger partial charge in [0.25, 0.3) is 5.91 Å². The molecule has 0 saturated heterocycles. The van der Waals surface area contributed by atoms with Gasteiger partial charge in [0.05, 0.1) is 5.56 Å². The zero-order chi connectivity index (χ0) is 16.8. The lowest BCUT2D eigenvalue weighted by atomic mass is 9.88. The molecular weight excluding hydrogens is 276 g/mol. The van der Waals surface area contributed by atoms with Crippen LogP contribution < -0.4 is 5.32 Å². The summed E-state index contributed by atoms with van der Waals surface area (Å²) in [6.45, 7) is 10.3. The Labute approximate surface area is 133 Å². The van der Waals surface area contributed by atoms with Crippen LogP contribution in [0.3, 0.4) is 0 Å². The molecule has 1 N–H and O–H groups in total. The number of nitrogens with one attached hydrogen (secondary N) is 1. The minimum atomic E-state index is -0.105. The second kappa shape index (κ2) is 8.08. The lowest BCUT2D eigenvalue weighted by molar-refractivity contribution is 0.0789. The average molecular weight is 304 g/mol. The standard InChI is InChI=1S/C18H28N2O2/c1-14(18(2,3)4)19-11-8-12-20(5)17(22)16-10-7-6-9-15(16)13-21/h6-7,9-10,13-14,19H,8,11-12H2,1-5H3. The van der Waals surface area contributed by atoms with Crippen molar-refractivity contribution in [2.24, 2.45) is 5.41 Å². The fraction of sp³-hybridized carbons (Fsp3) is 0.556.